The Hall–Kier alpha value is -2.22. The number of carbonyl (C=O) groups is 1. The van der Waals surface area contributed by atoms with Crippen molar-refractivity contribution in [3.8, 4) is 5.75 Å². The molecule has 1 aromatic carbocycles. The van der Waals surface area contributed by atoms with E-state index in [2.05, 4.69) is 11.9 Å². The van der Waals surface area contributed by atoms with Crippen LogP contribution in [0.4, 0.5) is 5.69 Å². The molecule has 184 valence electrons. The molecule has 7 nitrogen and oxygen atoms in total. The molecule has 3 heterocycles. The van der Waals surface area contributed by atoms with E-state index in [0.29, 0.717) is 57.3 Å². The molecule has 1 unspecified atom stereocenters. The van der Waals surface area contributed by atoms with Crippen molar-refractivity contribution < 1.29 is 14.3 Å². The maximum atomic E-state index is 13.9. The summed E-state index contributed by atoms with van der Waals surface area (Å²) in [5.41, 5.74) is 2.73. The van der Waals surface area contributed by atoms with Crippen LogP contribution >= 0.6 is 23.2 Å². The van der Waals surface area contributed by atoms with Gasteiger partial charge < -0.3 is 24.3 Å². The van der Waals surface area contributed by atoms with Crippen molar-refractivity contribution in [1.29, 1.82) is 0 Å². The smallest absolute Gasteiger partial charge is 0.257 e. The Labute approximate surface area is 209 Å². The molecule has 0 radical (unpaired) electrons. The fourth-order valence-electron chi connectivity index (χ4n) is 5.01. The van der Waals surface area contributed by atoms with Crippen LogP contribution in [0.3, 0.4) is 0 Å². The summed E-state index contributed by atoms with van der Waals surface area (Å²) in [5.74, 6) is 0.756. The van der Waals surface area contributed by atoms with Crippen molar-refractivity contribution in [3.05, 3.63) is 54.9 Å². The molecular weight excluding hydrogens is 477 g/mol. The fraction of sp³-hybridized carbons (Fsp3) is 0.520. The number of nitrogens with one attached hydrogen (secondary N) is 1. The standard InChI is InChI=1S/C25H31Cl2N3O4/c1-14-11-20(33-4)18(24(31)28-14)13-30-8-7-29(3)23-19(26)12-17(22(27)21(23)25(30)32)15(2)16-5-9-34-10-6-16/h11-12,15-16H,5-10,13H2,1-4H3,(H,28,31). The van der Waals surface area contributed by atoms with Gasteiger partial charge in [0.2, 0.25) is 0 Å². The monoisotopic (exact) mass is 507 g/mol. The molecule has 1 atom stereocenters. The molecule has 4 rings (SSSR count). The molecule has 2 aliphatic heterocycles. The zero-order valence-corrected chi connectivity index (χ0v) is 21.6. The number of hydrogen-bond acceptors (Lipinski definition) is 5. The van der Waals surface area contributed by atoms with Gasteiger partial charge in [0, 0.05) is 39.0 Å². The number of H-pyrrole nitrogens is 1. The number of hydrogen-bond donors (Lipinski definition) is 1. The first-order valence-corrected chi connectivity index (χ1v) is 12.3. The van der Waals surface area contributed by atoms with Gasteiger partial charge in [-0.1, -0.05) is 30.1 Å². The van der Waals surface area contributed by atoms with E-state index in [-0.39, 0.29) is 23.9 Å². The topological polar surface area (TPSA) is 74.9 Å². The fourth-order valence-corrected chi connectivity index (χ4v) is 5.76. The van der Waals surface area contributed by atoms with Gasteiger partial charge >= 0.3 is 0 Å². The van der Waals surface area contributed by atoms with Crippen molar-refractivity contribution in [2.24, 2.45) is 5.92 Å². The number of pyridine rings is 1. The highest BCUT2D eigenvalue weighted by atomic mass is 35.5. The molecule has 0 bridgehead atoms. The lowest BCUT2D eigenvalue weighted by atomic mass is 9.82. The molecule has 0 aliphatic carbocycles. The average Bonchev–Trinajstić information content (AvgIpc) is 2.94. The molecule has 2 aliphatic rings. The van der Waals surface area contributed by atoms with Gasteiger partial charge in [-0.05, 0) is 49.3 Å². The Morgan fingerprint density at radius 3 is 2.59 bits per heavy atom. The van der Waals surface area contributed by atoms with Crippen LogP contribution in [-0.4, -0.2) is 56.3 Å². The minimum Gasteiger partial charge on any atom is -0.496 e. The number of aromatic nitrogens is 1. The second-order valence-electron chi connectivity index (χ2n) is 9.20. The Balaban J connectivity index is 1.75. The van der Waals surface area contributed by atoms with Crippen LogP contribution in [0.1, 0.15) is 52.9 Å². The van der Waals surface area contributed by atoms with E-state index in [1.165, 1.54) is 7.11 Å². The molecule has 1 fully saturated rings. The Bertz CT molecular complexity index is 1140. The third-order valence-electron chi connectivity index (χ3n) is 7.07. The molecule has 1 aromatic heterocycles. The first-order chi connectivity index (χ1) is 16.2. The Morgan fingerprint density at radius 2 is 1.91 bits per heavy atom. The number of halogens is 2. The number of likely N-dealkylation sites (N-methyl/N-ethyl adjacent to an activating group) is 1. The number of anilines is 1. The van der Waals surface area contributed by atoms with Gasteiger partial charge in [0.05, 0.1) is 40.5 Å². The summed E-state index contributed by atoms with van der Waals surface area (Å²) in [5, 5.41) is 0.948. The van der Waals surface area contributed by atoms with E-state index >= 15 is 0 Å². The van der Waals surface area contributed by atoms with Crippen LogP contribution in [0.2, 0.25) is 10.0 Å². The van der Waals surface area contributed by atoms with Crippen molar-refractivity contribution in [2.45, 2.75) is 39.2 Å². The van der Waals surface area contributed by atoms with Gasteiger partial charge in [-0.25, -0.2) is 0 Å². The number of rotatable bonds is 5. The highest BCUT2D eigenvalue weighted by Crippen LogP contribution is 2.44. The van der Waals surface area contributed by atoms with Crippen LogP contribution in [0.15, 0.2) is 16.9 Å². The summed E-state index contributed by atoms with van der Waals surface area (Å²) in [6.45, 7) is 6.46. The zero-order chi connectivity index (χ0) is 24.6. The predicted octanol–water partition coefficient (Wildman–Crippen LogP) is 4.62. The van der Waals surface area contributed by atoms with Crippen LogP contribution < -0.4 is 15.2 Å². The predicted molar refractivity (Wildman–Crippen MR) is 135 cm³/mol. The molecule has 9 heteroatoms. The van der Waals surface area contributed by atoms with Crippen molar-refractivity contribution in [3.63, 3.8) is 0 Å². The quantitative estimate of drug-likeness (QED) is 0.638. The van der Waals surface area contributed by atoms with Gasteiger partial charge in [0.15, 0.2) is 0 Å². The number of amides is 1. The summed E-state index contributed by atoms with van der Waals surface area (Å²) in [7, 11) is 3.42. The third kappa shape index (κ3) is 4.66. The Morgan fingerprint density at radius 1 is 1.21 bits per heavy atom. The van der Waals surface area contributed by atoms with Crippen LogP contribution in [0.5, 0.6) is 5.75 Å². The largest absolute Gasteiger partial charge is 0.496 e. The average molecular weight is 508 g/mol. The van der Waals surface area contributed by atoms with E-state index in [1.54, 1.807) is 17.9 Å². The van der Waals surface area contributed by atoms with Gasteiger partial charge in [-0.3, -0.25) is 9.59 Å². The van der Waals surface area contributed by atoms with E-state index in [0.717, 1.165) is 31.6 Å². The summed E-state index contributed by atoms with van der Waals surface area (Å²) in [6.07, 6.45) is 1.89. The first-order valence-electron chi connectivity index (χ1n) is 11.6. The molecule has 1 saturated heterocycles. The number of methoxy groups -OCH3 is 1. The van der Waals surface area contributed by atoms with E-state index in [9.17, 15) is 9.59 Å². The normalized spacial score (nSPS) is 18.0. The van der Waals surface area contributed by atoms with Gasteiger partial charge in [-0.2, -0.15) is 0 Å². The molecule has 0 saturated carbocycles. The summed E-state index contributed by atoms with van der Waals surface area (Å²) in [4.78, 5) is 33.0. The highest BCUT2D eigenvalue weighted by molar-refractivity contribution is 6.39. The van der Waals surface area contributed by atoms with Crippen molar-refractivity contribution >= 4 is 34.8 Å². The lowest BCUT2D eigenvalue weighted by Crippen LogP contribution is -2.35. The Kier molecular flexibility index (Phi) is 7.45. The molecular formula is C25H31Cl2N3O4. The van der Waals surface area contributed by atoms with Crippen LogP contribution in [0, 0.1) is 12.8 Å². The maximum absolute atomic E-state index is 13.9. The third-order valence-corrected chi connectivity index (χ3v) is 7.76. The lowest BCUT2D eigenvalue weighted by molar-refractivity contribution is 0.0596. The van der Waals surface area contributed by atoms with Crippen molar-refractivity contribution in [1.82, 2.24) is 9.88 Å². The molecule has 2 aromatic rings. The number of nitrogens with zero attached hydrogens (tertiary/aromatic N) is 2. The lowest BCUT2D eigenvalue weighted by Gasteiger charge is -2.30. The number of ether oxygens (including phenoxy) is 2. The van der Waals surface area contributed by atoms with Crippen molar-refractivity contribution in [2.75, 3.05) is 45.4 Å². The van der Waals surface area contributed by atoms with Gasteiger partial charge in [-0.15, -0.1) is 0 Å². The van der Waals surface area contributed by atoms with E-state index < -0.39 is 0 Å². The van der Waals surface area contributed by atoms with E-state index in [4.69, 9.17) is 32.7 Å². The SMILES string of the molecule is COc1cc(C)[nH]c(=O)c1CN1CCN(C)c2c(Cl)cc(C(C)C3CCOCC3)c(Cl)c2C1=O. The summed E-state index contributed by atoms with van der Waals surface area (Å²) >= 11 is 13.7. The molecule has 0 spiro atoms. The second kappa shape index (κ2) is 10.2. The minimum atomic E-state index is -0.270. The minimum absolute atomic E-state index is 0.110. The zero-order valence-electron chi connectivity index (χ0n) is 20.0. The maximum Gasteiger partial charge on any atom is 0.257 e. The van der Waals surface area contributed by atoms with E-state index in [1.807, 2.05) is 18.0 Å². The number of aromatic amines is 1. The number of benzene rings is 1. The molecule has 1 amide bonds. The molecule has 34 heavy (non-hydrogen) atoms. The number of carbonyl (C=O) groups excluding carboxylic acids is 1. The number of fused-ring (bicyclic) bond motifs is 1. The van der Waals surface area contributed by atoms with Crippen LogP contribution in [0.25, 0.3) is 0 Å². The summed E-state index contributed by atoms with van der Waals surface area (Å²) < 4.78 is 11.0. The molecule has 1 N–H and O–H groups in total. The van der Waals surface area contributed by atoms with Crippen LogP contribution in [-0.2, 0) is 11.3 Å². The summed E-state index contributed by atoms with van der Waals surface area (Å²) in [6, 6.07) is 3.67. The van der Waals surface area contributed by atoms with Gasteiger partial charge in [0.25, 0.3) is 11.5 Å². The van der Waals surface area contributed by atoms with Gasteiger partial charge in [0.1, 0.15) is 5.75 Å². The first kappa shape index (κ1) is 24.9. The highest BCUT2D eigenvalue weighted by Gasteiger charge is 2.34. The number of aryl methyl sites for hydroxylation is 1. The second-order valence-corrected chi connectivity index (χ2v) is 9.99.